The first-order valence-corrected chi connectivity index (χ1v) is 5.66. The van der Waals surface area contributed by atoms with Gasteiger partial charge in [-0.1, -0.05) is 11.6 Å². The molecule has 0 amide bonds. The number of hydrogen-bond donors (Lipinski definition) is 1. The molecule has 0 spiro atoms. The van der Waals surface area contributed by atoms with Crippen LogP contribution >= 0.6 is 11.6 Å². The molecule has 0 bridgehead atoms. The lowest BCUT2D eigenvalue weighted by Gasteiger charge is -2.40. The van der Waals surface area contributed by atoms with E-state index in [2.05, 4.69) is 0 Å². The molecule has 4 heteroatoms. The van der Waals surface area contributed by atoms with E-state index in [0.717, 1.165) is 5.56 Å². The van der Waals surface area contributed by atoms with Gasteiger partial charge in [0.15, 0.2) is 0 Å². The van der Waals surface area contributed by atoms with Gasteiger partial charge >= 0.3 is 0 Å². The van der Waals surface area contributed by atoms with Crippen LogP contribution in [0.1, 0.15) is 11.1 Å². The predicted octanol–water partition coefficient (Wildman–Crippen LogP) is 2.31. The normalized spacial score (nSPS) is 18.2. The fraction of sp³-hybridized carbons (Fsp3) is 0.500. The van der Waals surface area contributed by atoms with Crippen LogP contribution in [0.2, 0.25) is 5.02 Å². The summed E-state index contributed by atoms with van der Waals surface area (Å²) in [6.07, 6.45) is 0.680. The summed E-state index contributed by atoms with van der Waals surface area (Å²) in [7, 11) is 0. The van der Waals surface area contributed by atoms with Crippen molar-refractivity contribution in [1.82, 2.24) is 0 Å². The van der Waals surface area contributed by atoms with E-state index < -0.39 is 0 Å². The van der Waals surface area contributed by atoms with Crippen molar-refractivity contribution in [1.29, 1.82) is 0 Å². The highest BCUT2D eigenvalue weighted by Crippen LogP contribution is 2.33. The fourth-order valence-corrected chi connectivity index (χ4v) is 2.19. The van der Waals surface area contributed by atoms with Gasteiger partial charge < -0.3 is 10.5 Å². The monoisotopic (exact) mass is 243 g/mol. The van der Waals surface area contributed by atoms with Crippen LogP contribution in [-0.2, 0) is 11.2 Å². The predicted molar refractivity (Wildman–Crippen MR) is 62.2 cm³/mol. The van der Waals surface area contributed by atoms with Crippen molar-refractivity contribution in [3.8, 4) is 0 Å². The molecule has 1 fully saturated rings. The zero-order chi connectivity index (χ0) is 11.8. The third kappa shape index (κ3) is 2.08. The van der Waals surface area contributed by atoms with Gasteiger partial charge in [0.25, 0.3) is 0 Å². The van der Waals surface area contributed by atoms with Crippen molar-refractivity contribution < 1.29 is 9.13 Å². The Hall–Kier alpha value is -0.640. The molecule has 0 atom stereocenters. The molecule has 1 heterocycles. The van der Waals surface area contributed by atoms with Gasteiger partial charge in [0.05, 0.1) is 13.2 Å². The molecule has 0 aromatic heterocycles. The summed E-state index contributed by atoms with van der Waals surface area (Å²) in [5, 5.41) is 0.610. The summed E-state index contributed by atoms with van der Waals surface area (Å²) >= 11 is 6.10. The third-order valence-corrected chi connectivity index (χ3v) is 3.49. The maximum Gasteiger partial charge on any atom is 0.126 e. The first-order valence-electron chi connectivity index (χ1n) is 5.29. The molecule has 0 saturated carbocycles. The van der Waals surface area contributed by atoms with Crippen LogP contribution in [0.25, 0.3) is 0 Å². The van der Waals surface area contributed by atoms with E-state index in [0.29, 0.717) is 36.8 Å². The molecule has 1 saturated heterocycles. The van der Waals surface area contributed by atoms with E-state index in [1.807, 2.05) is 0 Å². The summed E-state index contributed by atoms with van der Waals surface area (Å²) in [4.78, 5) is 0. The molecule has 1 aromatic rings. The quantitative estimate of drug-likeness (QED) is 0.884. The van der Waals surface area contributed by atoms with Crippen LogP contribution in [0.4, 0.5) is 4.39 Å². The lowest BCUT2D eigenvalue weighted by Crippen LogP contribution is -2.49. The van der Waals surface area contributed by atoms with Crippen LogP contribution in [0.3, 0.4) is 0 Å². The fourth-order valence-electron chi connectivity index (χ4n) is 1.91. The van der Waals surface area contributed by atoms with E-state index in [1.165, 1.54) is 6.07 Å². The van der Waals surface area contributed by atoms with Crippen molar-refractivity contribution in [3.05, 3.63) is 34.1 Å². The zero-order valence-electron chi connectivity index (χ0n) is 9.22. The van der Waals surface area contributed by atoms with Gasteiger partial charge in [-0.25, -0.2) is 4.39 Å². The standard InChI is InChI=1S/C12H15ClFNO/c1-8-2-10(13)9(3-11(8)14)4-12(5-15)6-16-7-12/h2-3H,4-7,15H2,1H3. The van der Waals surface area contributed by atoms with Crippen molar-refractivity contribution in [2.24, 2.45) is 11.1 Å². The Morgan fingerprint density at radius 2 is 2.19 bits per heavy atom. The molecule has 1 aromatic carbocycles. The maximum absolute atomic E-state index is 13.4. The minimum absolute atomic E-state index is 0.0503. The molecule has 2 N–H and O–H groups in total. The molecule has 16 heavy (non-hydrogen) atoms. The molecule has 0 radical (unpaired) electrons. The highest BCUT2D eigenvalue weighted by molar-refractivity contribution is 6.31. The molecular weight excluding hydrogens is 229 g/mol. The van der Waals surface area contributed by atoms with Crippen LogP contribution in [0, 0.1) is 18.2 Å². The van der Waals surface area contributed by atoms with E-state index in [4.69, 9.17) is 22.1 Å². The van der Waals surface area contributed by atoms with E-state index in [9.17, 15) is 4.39 Å². The van der Waals surface area contributed by atoms with Crippen LogP contribution in [0.5, 0.6) is 0 Å². The van der Waals surface area contributed by atoms with Crippen molar-refractivity contribution in [3.63, 3.8) is 0 Å². The van der Waals surface area contributed by atoms with Crippen LogP contribution < -0.4 is 5.73 Å². The molecule has 1 aliphatic rings. The second-order valence-electron chi connectivity index (χ2n) is 4.57. The minimum Gasteiger partial charge on any atom is -0.380 e. The number of aryl methyl sites for hydroxylation is 1. The molecule has 2 rings (SSSR count). The van der Waals surface area contributed by atoms with E-state index in [-0.39, 0.29) is 11.2 Å². The number of rotatable bonds is 3. The zero-order valence-corrected chi connectivity index (χ0v) is 9.98. The molecule has 1 aliphatic heterocycles. The SMILES string of the molecule is Cc1cc(Cl)c(CC2(CN)COC2)cc1F. The molecule has 0 aliphatic carbocycles. The molecule has 2 nitrogen and oxygen atoms in total. The Balaban J connectivity index is 2.24. The Kier molecular flexibility index (Phi) is 3.19. The Bertz CT molecular complexity index is 399. The van der Waals surface area contributed by atoms with Gasteiger partial charge in [0.2, 0.25) is 0 Å². The highest BCUT2D eigenvalue weighted by atomic mass is 35.5. The first-order chi connectivity index (χ1) is 7.56. The molecular formula is C12H15ClFNO. The van der Waals surface area contributed by atoms with E-state index >= 15 is 0 Å². The van der Waals surface area contributed by atoms with Gasteiger partial charge in [-0.3, -0.25) is 0 Å². The van der Waals surface area contributed by atoms with Gasteiger partial charge in [-0.05, 0) is 36.6 Å². The smallest absolute Gasteiger partial charge is 0.126 e. The lowest BCUT2D eigenvalue weighted by molar-refractivity contribution is -0.106. The topological polar surface area (TPSA) is 35.2 Å². The Labute approximate surface area is 99.5 Å². The Morgan fingerprint density at radius 3 is 2.69 bits per heavy atom. The van der Waals surface area contributed by atoms with Gasteiger partial charge in [-0.2, -0.15) is 0 Å². The van der Waals surface area contributed by atoms with Gasteiger partial charge in [0.1, 0.15) is 5.82 Å². The summed E-state index contributed by atoms with van der Waals surface area (Å²) < 4.78 is 18.6. The molecule has 88 valence electrons. The van der Waals surface area contributed by atoms with E-state index in [1.54, 1.807) is 13.0 Å². The van der Waals surface area contributed by atoms with Crippen molar-refractivity contribution >= 4 is 11.6 Å². The second-order valence-corrected chi connectivity index (χ2v) is 4.97. The summed E-state index contributed by atoms with van der Waals surface area (Å²) in [6.45, 7) is 3.51. The Morgan fingerprint density at radius 1 is 1.50 bits per heavy atom. The van der Waals surface area contributed by atoms with Crippen LogP contribution in [0.15, 0.2) is 12.1 Å². The number of halogens is 2. The van der Waals surface area contributed by atoms with Crippen molar-refractivity contribution in [2.75, 3.05) is 19.8 Å². The average molecular weight is 244 g/mol. The highest BCUT2D eigenvalue weighted by Gasteiger charge is 2.37. The minimum atomic E-state index is -0.216. The largest absolute Gasteiger partial charge is 0.380 e. The summed E-state index contributed by atoms with van der Waals surface area (Å²) in [6, 6.07) is 3.17. The van der Waals surface area contributed by atoms with Crippen LogP contribution in [-0.4, -0.2) is 19.8 Å². The number of hydrogen-bond acceptors (Lipinski definition) is 2. The number of ether oxygens (including phenoxy) is 1. The summed E-state index contributed by atoms with van der Waals surface area (Å²) in [5.41, 5.74) is 7.06. The summed E-state index contributed by atoms with van der Waals surface area (Å²) in [5.74, 6) is -0.216. The average Bonchev–Trinajstić information content (AvgIpc) is 2.19. The molecule has 0 unspecified atom stereocenters. The number of benzene rings is 1. The number of nitrogens with two attached hydrogens (primary N) is 1. The lowest BCUT2D eigenvalue weighted by atomic mass is 9.80. The van der Waals surface area contributed by atoms with Crippen molar-refractivity contribution in [2.45, 2.75) is 13.3 Å². The maximum atomic E-state index is 13.4. The van der Waals surface area contributed by atoms with Gasteiger partial charge in [-0.15, -0.1) is 0 Å². The third-order valence-electron chi connectivity index (χ3n) is 3.14. The second kappa shape index (κ2) is 4.32. The first kappa shape index (κ1) is 11.8. The van der Waals surface area contributed by atoms with Gasteiger partial charge in [0, 0.05) is 17.0 Å².